The molecule has 0 saturated heterocycles. The summed E-state index contributed by atoms with van der Waals surface area (Å²) in [6, 6.07) is 5.38. The van der Waals surface area contributed by atoms with Crippen molar-refractivity contribution in [1.29, 1.82) is 0 Å². The Bertz CT molecular complexity index is 451. The number of hydrogen-bond acceptors (Lipinski definition) is 2. The molecule has 2 N–H and O–H groups in total. The molecule has 1 amide bonds. The Morgan fingerprint density at radius 3 is 2.53 bits per heavy atom. The van der Waals surface area contributed by atoms with E-state index in [9.17, 15) is 4.79 Å². The molecule has 0 heterocycles. The maximum Gasteiger partial charge on any atom is 0.225 e. The third-order valence-electron chi connectivity index (χ3n) is 3.31. The maximum absolute atomic E-state index is 12.2. The molecule has 2 atom stereocenters. The molecular weight excluding hydrogens is 283 g/mol. The highest BCUT2D eigenvalue weighted by molar-refractivity contribution is 6.35. The Morgan fingerprint density at radius 2 is 2.00 bits per heavy atom. The van der Waals surface area contributed by atoms with Crippen molar-refractivity contribution in [3.8, 4) is 0 Å². The summed E-state index contributed by atoms with van der Waals surface area (Å²) in [5.74, 6) is -0.0679. The Labute approximate surface area is 124 Å². The van der Waals surface area contributed by atoms with Crippen molar-refractivity contribution in [2.45, 2.75) is 26.3 Å². The number of nitrogens with two attached hydrogens (primary N) is 1. The number of nitrogens with zero attached hydrogens (tertiary/aromatic N) is 1. The van der Waals surface area contributed by atoms with Gasteiger partial charge in [-0.05, 0) is 31.0 Å². The van der Waals surface area contributed by atoms with E-state index in [1.165, 1.54) is 0 Å². The molecular formula is C14H20Cl2N2O. The predicted octanol–water partition coefficient (Wildman–Crippen LogP) is 2.98. The number of rotatable bonds is 5. The molecule has 0 fully saturated rings. The Balaban J connectivity index is 2.73. The standard InChI is InChI=1S/C14H20Cl2N2O/c1-9(14(19)18(3)10(2)8-17)6-11-4-5-12(15)7-13(11)16/h4-5,7,9-10H,6,8,17H2,1-3H3. The second kappa shape index (κ2) is 7.13. The van der Waals surface area contributed by atoms with Crippen molar-refractivity contribution < 1.29 is 4.79 Å². The van der Waals surface area contributed by atoms with Gasteiger partial charge in [-0.3, -0.25) is 4.79 Å². The van der Waals surface area contributed by atoms with E-state index in [0.29, 0.717) is 23.0 Å². The van der Waals surface area contributed by atoms with Gasteiger partial charge in [-0.25, -0.2) is 0 Å². The van der Waals surface area contributed by atoms with Gasteiger partial charge >= 0.3 is 0 Å². The van der Waals surface area contributed by atoms with Crippen molar-refractivity contribution in [1.82, 2.24) is 4.90 Å². The van der Waals surface area contributed by atoms with Crippen LogP contribution in [0.2, 0.25) is 10.0 Å². The van der Waals surface area contributed by atoms with Crippen LogP contribution in [0.1, 0.15) is 19.4 Å². The first kappa shape index (κ1) is 16.3. The second-order valence-electron chi connectivity index (χ2n) is 4.87. The molecule has 0 aliphatic carbocycles. The molecule has 5 heteroatoms. The Hall–Kier alpha value is -0.770. The van der Waals surface area contributed by atoms with E-state index in [-0.39, 0.29) is 17.9 Å². The monoisotopic (exact) mass is 302 g/mol. The zero-order valence-electron chi connectivity index (χ0n) is 11.5. The number of carbonyl (C=O) groups is 1. The van der Waals surface area contributed by atoms with Crippen LogP contribution in [0.15, 0.2) is 18.2 Å². The van der Waals surface area contributed by atoms with Crippen LogP contribution in [-0.2, 0) is 11.2 Å². The average Bonchev–Trinajstić information content (AvgIpc) is 2.39. The van der Waals surface area contributed by atoms with Crippen LogP contribution in [-0.4, -0.2) is 30.4 Å². The first-order valence-electron chi connectivity index (χ1n) is 6.27. The van der Waals surface area contributed by atoms with Gasteiger partial charge in [-0.15, -0.1) is 0 Å². The lowest BCUT2D eigenvalue weighted by Gasteiger charge is -2.27. The molecule has 0 aliphatic rings. The molecule has 0 saturated carbocycles. The first-order valence-corrected chi connectivity index (χ1v) is 7.03. The molecule has 0 radical (unpaired) electrons. The first-order chi connectivity index (χ1) is 8.86. The average molecular weight is 303 g/mol. The molecule has 19 heavy (non-hydrogen) atoms. The minimum absolute atomic E-state index is 0.0376. The molecule has 0 spiro atoms. The topological polar surface area (TPSA) is 46.3 Å². The van der Waals surface area contributed by atoms with E-state index in [2.05, 4.69) is 0 Å². The van der Waals surface area contributed by atoms with Crippen molar-refractivity contribution >= 4 is 29.1 Å². The number of likely N-dealkylation sites (N-methyl/N-ethyl adjacent to an activating group) is 1. The van der Waals surface area contributed by atoms with Gasteiger partial charge in [0.1, 0.15) is 0 Å². The fraction of sp³-hybridized carbons (Fsp3) is 0.500. The lowest BCUT2D eigenvalue weighted by atomic mass is 9.99. The lowest BCUT2D eigenvalue weighted by molar-refractivity contribution is -0.135. The van der Waals surface area contributed by atoms with Gasteiger partial charge in [0.2, 0.25) is 5.91 Å². The number of amides is 1. The molecule has 1 aromatic carbocycles. The largest absolute Gasteiger partial charge is 0.342 e. The molecule has 0 aromatic heterocycles. The summed E-state index contributed by atoms with van der Waals surface area (Å²) in [5, 5.41) is 1.20. The Kier molecular flexibility index (Phi) is 6.11. The second-order valence-corrected chi connectivity index (χ2v) is 5.72. The van der Waals surface area contributed by atoms with Crippen LogP contribution in [0.5, 0.6) is 0 Å². The summed E-state index contributed by atoms with van der Waals surface area (Å²) >= 11 is 12.0. The predicted molar refractivity (Wildman–Crippen MR) is 80.6 cm³/mol. The van der Waals surface area contributed by atoms with Crippen LogP contribution >= 0.6 is 23.2 Å². The van der Waals surface area contributed by atoms with E-state index >= 15 is 0 Å². The zero-order chi connectivity index (χ0) is 14.6. The van der Waals surface area contributed by atoms with Crippen molar-refractivity contribution in [2.24, 2.45) is 11.7 Å². The third-order valence-corrected chi connectivity index (χ3v) is 3.90. The van der Waals surface area contributed by atoms with Gasteiger partial charge in [0, 0.05) is 35.6 Å². The molecule has 1 rings (SSSR count). The highest BCUT2D eigenvalue weighted by atomic mass is 35.5. The van der Waals surface area contributed by atoms with Crippen LogP contribution in [0.25, 0.3) is 0 Å². The van der Waals surface area contributed by atoms with Crippen molar-refractivity contribution in [2.75, 3.05) is 13.6 Å². The summed E-state index contributed by atoms with van der Waals surface area (Å²) in [7, 11) is 1.78. The van der Waals surface area contributed by atoms with E-state index < -0.39 is 0 Å². The minimum Gasteiger partial charge on any atom is -0.342 e. The van der Waals surface area contributed by atoms with E-state index in [1.54, 1.807) is 24.1 Å². The molecule has 0 bridgehead atoms. The summed E-state index contributed by atoms with van der Waals surface area (Å²) in [4.78, 5) is 13.9. The normalized spacial score (nSPS) is 14.0. The SMILES string of the molecule is CC(Cc1ccc(Cl)cc1Cl)C(=O)N(C)C(C)CN. The van der Waals surface area contributed by atoms with Crippen LogP contribution < -0.4 is 5.73 Å². The van der Waals surface area contributed by atoms with Gasteiger partial charge < -0.3 is 10.6 Å². The summed E-state index contributed by atoms with van der Waals surface area (Å²) < 4.78 is 0. The van der Waals surface area contributed by atoms with Crippen LogP contribution in [0.3, 0.4) is 0 Å². The van der Waals surface area contributed by atoms with E-state index in [1.807, 2.05) is 19.9 Å². The number of halogens is 2. The highest BCUT2D eigenvalue weighted by Gasteiger charge is 2.21. The number of carbonyl (C=O) groups excluding carboxylic acids is 1. The van der Waals surface area contributed by atoms with Crippen molar-refractivity contribution in [3.05, 3.63) is 33.8 Å². The minimum atomic E-state index is -0.141. The Morgan fingerprint density at radius 1 is 1.37 bits per heavy atom. The fourth-order valence-electron chi connectivity index (χ4n) is 1.83. The van der Waals surface area contributed by atoms with E-state index in [4.69, 9.17) is 28.9 Å². The fourth-order valence-corrected chi connectivity index (χ4v) is 2.31. The van der Waals surface area contributed by atoms with Gasteiger partial charge in [-0.2, -0.15) is 0 Å². The third kappa shape index (κ3) is 4.37. The van der Waals surface area contributed by atoms with E-state index in [0.717, 1.165) is 5.56 Å². The number of hydrogen-bond donors (Lipinski definition) is 1. The van der Waals surface area contributed by atoms with Gasteiger partial charge in [0.05, 0.1) is 0 Å². The van der Waals surface area contributed by atoms with Gasteiger partial charge in [-0.1, -0.05) is 36.2 Å². The molecule has 1 aromatic rings. The maximum atomic E-state index is 12.2. The molecule has 3 nitrogen and oxygen atoms in total. The van der Waals surface area contributed by atoms with Gasteiger partial charge in [0.25, 0.3) is 0 Å². The van der Waals surface area contributed by atoms with Crippen molar-refractivity contribution in [3.63, 3.8) is 0 Å². The summed E-state index contributed by atoms with van der Waals surface area (Å²) in [6.45, 7) is 4.28. The van der Waals surface area contributed by atoms with Crippen LogP contribution in [0.4, 0.5) is 0 Å². The lowest BCUT2D eigenvalue weighted by Crippen LogP contribution is -2.42. The van der Waals surface area contributed by atoms with Crippen LogP contribution in [0, 0.1) is 5.92 Å². The molecule has 2 unspecified atom stereocenters. The summed E-state index contributed by atoms with van der Waals surface area (Å²) in [6.07, 6.45) is 0.594. The summed E-state index contributed by atoms with van der Waals surface area (Å²) in [5.41, 5.74) is 6.51. The highest BCUT2D eigenvalue weighted by Crippen LogP contribution is 2.24. The van der Waals surface area contributed by atoms with Gasteiger partial charge in [0.15, 0.2) is 0 Å². The smallest absolute Gasteiger partial charge is 0.225 e. The molecule has 106 valence electrons. The zero-order valence-corrected chi connectivity index (χ0v) is 13.0. The molecule has 0 aliphatic heterocycles. The quantitative estimate of drug-likeness (QED) is 0.909. The number of benzene rings is 1.